The molecule has 1 unspecified atom stereocenters. The van der Waals surface area contributed by atoms with Gasteiger partial charge in [-0.1, -0.05) is 5.16 Å². The number of aromatic nitrogens is 2. The molecule has 0 saturated carbocycles. The van der Waals surface area contributed by atoms with Gasteiger partial charge in [0.1, 0.15) is 11.3 Å². The van der Waals surface area contributed by atoms with Crippen LogP contribution in [-0.4, -0.2) is 32.3 Å². The maximum Gasteiger partial charge on any atom is 0.435 e. The van der Waals surface area contributed by atoms with E-state index in [4.69, 9.17) is 0 Å². The zero-order valence-electron chi connectivity index (χ0n) is 17.7. The van der Waals surface area contributed by atoms with Gasteiger partial charge in [-0.3, -0.25) is 4.40 Å². The second-order valence-electron chi connectivity index (χ2n) is 7.94. The highest BCUT2D eigenvalue weighted by atomic mass is 19.4. The summed E-state index contributed by atoms with van der Waals surface area (Å²) in [5.74, 6) is -1.39. The van der Waals surface area contributed by atoms with Crippen LogP contribution >= 0.6 is 0 Å². The first kappa shape index (κ1) is 25.3. The summed E-state index contributed by atoms with van der Waals surface area (Å²) in [5.41, 5.74) is -9.87. The molecule has 0 fully saturated rings. The first-order valence-corrected chi connectivity index (χ1v) is 9.78. The van der Waals surface area contributed by atoms with E-state index in [-0.39, 0.29) is 40.8 Å². The molecule has 1 atom stereocenters. The summed E-state index contributed by atoms with van der Waals surface area (Å²) in [7, 11) is 0. The van der Waals surface area contributed by atoms with Crippen LogP contribution in [0.4, 0.5) is 39.5 Å². The molecule has 6 nitrogen and oxygen atoms in total. The number of carboxylic acid groups (broad SMARTS) is 1. The maximum absolute atomic E-state index is 14.3. The average Bonchev–Trinajstić information content (AvgIpc) is 3.35. The summed E-state index contributed by atoms with van der Waals surface area (Å²) in [6, 6.07) is 1.68. The number of carboxylic acids is 1. The zero-order chi connectivity index (χ0) is 26.8. The number of aryl methyl sites for hydroxylation is 1. The number of fused-ring (bicyclic) bond motifs is 1. The fraction of sp³-hybridized carbons (Fsp3) is 0.286. The standard InChI is InChI=1S/C21H12F9N3O3/c1-9-8-33-15(17(34)35)3-2-13(16(33)31-9)14-7-18(36-32-14,21(28,29)30)10-4-11(19(22,23)24)6-12(5-10)20(25,26)27/h2-6,8H,7H2,1H3,(H,34,35). The Balaban J connectivity index is 1.89. The third-order valence-electron chi connectivity index (χ3n) is 5.50. The van der Waals surface area contributed by atoms with Crippen molar-refractivity contribution in [3.63, 3.8) is 0 Å². The molecule has 0 spiro atoms. The quantitative estimate of drug-likeness (QED) is 0.429. The number of benzene rings is 1. The molecule has 36 heavy (non-hydrogen) atoms. The molecule has 0 radical (unpaired) electrons. The van der Waals surface area contributed by atoms with Crippen LogP contribution in [0.2, 0.25) is 0 Å². The van der Waals surface area contributed by atoms with E-state index in [2.05, 4.69) is 15.0 Å². The summed E-state index contributed by atoms with van der Waals surface area (Å²) >= 11 is 0. The number of rotatable bonds is 3. The molecule has 1 aliphatic rings. The molecule has 0 saturated heterocycles. The van der Waals surface area contributed by atoms with Gasteiger partial charge in [-0.05, 0) is 37.3 Å². The van der Waals surface area contributed by atoms with Gasteiger partial charge in [0.05, 0.1) is 29.0 Å². The van der Waals surface area contributed by atoms with Crippen molar-refractivity contribution in [2.24, 2.45) is 5.16 Å². The topological polar surface area (TPSA) is 76.2 Å². The zero-order valence-corrected chi connectivity index (χ0v) is 17.7. The van der Waals surface area contributed by atoms with Gasteiger partial charge >= 0.3 is 24.5 Å². The molecule has 15 heteroatoms. The molecule has 0 aliphatic carbocycles. The van der Waals surface area contributed by atoms with Crippen molar-refractivity contribution in [1.29, 1.82) is 0 Å². The number of pyridine rings is 1. The van der Waals surface area contributed by atoms with Crippen molar-refractivity contribution in [2.75, 3.05) is 0 Å². The highest BCUT2D eigenvalue weighted by Gasteiger charge is 2.63. The molecule has 0 bridgehead atoms. The first-order chi connectivity index (χ1) is 16.4. The molecule has 0 amide bonds. The number of aromatic carboxylic acids is 1. The number of carbonyl (C=O) groups is 1. The Bertz CT molecular complexity index is 1370. The predicted molar refractivity (Wildman–Crippen MR) is 103 cm³/mol. The Kier molecular flexibility index (Phi) is 5.53. The Labute approximate surface area is 194 Å². The monoisotopic (exact) mass is 525 g/mol. The molecule has 2 aromatic heterocycles. The van der Waals surface area contributed by atoms with Gasteiger partial charge in [0.15, 0.2) is 0 Å². The van der Waals surface area contributed by atoms with Gasteiger partial charge in [-0.2, -0.15) is 39.5 Å². The van der Waals surface area contributed by atoms with Crippen LogP contribution in [0.3, 0.4) is 0 Å². The van der Waals surface area contributed by atoms with Crippen molar-refractivity contribution in [3.8, 4) is 0 Å². The number of nitrogens with zero attached hydrogens (tertiary/aromatic N) is 3. The number of hydrogen-bond donors (Lipinski definition) is 1. The summed E-state index contributed by atoms with van der Waals surface area (Å²) in [4.78, 5) is 20.1. The van der Waals surface area contributed by atoms with Crippen LogP contribution in [0.1, 0.15) is 44.9 Å². The van der Waals surface area contributed by atoms with E-state index in [1.165, 1.54) is 13.1 Å². The lowest BCUT2D eigenvalue weighted by atomic mass is 9.84. The number of hydrogen-bond acceptors (Lipinski definition) is 4. The van der Waals surface area contributed by atoms with Crippen molar-refractivity contribution in [3.05, 3.63) is 70.2 Å². The third kappa shape index (κ3) is 4.11. The maximum atomic E-state index is 14.3. The van der Waals surface area contributed by atoms with Crippen molar-refractivity contribution >= 4 is 17.3 Å². The highest BCUT2D eigenvalue weighted by Crippen LogP contribution is 2.51. The fourth-order valence-corrected chi connectivity index (χ4v) is 3.82. The van der Waals surface area contributed by atoms with E-state index in [9.17, 15) is 49.4 Å². The van der Waals surface area contributed by atoms with E-state index < -0.39 is 58.9 Å². The molecule has 192 valence electrons. The molecule has 3 heterocycles. The normalized spacial score (nSPS) is 18.9. The number of imidazole rings is 1. The van der Waals surface area contributed by atoms with Gasteiger partial charge in [-0.25, -0.2) is 9.78 Å². The SMILES string of the molecule is Cc1cn2c(C(=O)O)ccc(C3=NOC(c4cc(C(F)(F)F)cc(C(F)(F)F)c4)(C(F)(F)F)C3)c2n1. The Morgan fingerprint density at radius 2 is 1.58 bits per heavy atom. The van der Waals surface area contributed by atoms with Gasteiger partial charge in [-0.15, -0.1) is 0 Å². The molecular formula is C21H12F9N3O3. The lowest BCUT2D eigenvalue weighted by Crippen LogP contribution is -2.43. The minimum absolute atomic E-state index is 0.0655. The molecule has 1 N–H and O–H groups in total. The number of alkyl halides is 9. The van der Waals surface area contributed by atoms with Crippen molar-refractivity contribution in [2.45, 2.75) is 37.5 Å². The van der Waals surface area contributed by atoms with Crippen LogP contribution in [0.25, 0.3) is 5.65 Å². The third-order valence-corrected chi connectivity index (χ3v) is 5.50. The fourth-order valence-electron chi connectivity index (χ4n) is 3.82. The molecule has 3 aromatic rings. The van der Waals surface area contributed by atoms with Crippen LogP contribution in [0.5, 0.6) is 0 Å². The highest BCUT2D eigenvalue weighted by molar-refractivity contribution is 6.07. The van der Waals surface area contributed by atoms with E-state index in [0.29, 0.717) is 0 Å². The van der Waals surface area contributed by atoms with Crippen LogP contribution in [0, 0.1) is 6.92 Å². The Morgan fingerprint density at radius 3 is 2.08 bits per heavy atom. The second-order valence-corrected chi connectivity index (χ2v) is 7.94. The van der Waals surface area contributed by atoms with Crippen LogP contribution in [-0.2, 0) is 22.8 Å². The predicted octanol–water partition coefficient (Wildman–Crippen LogP) is 5.96. The molecule has 1 aromatic carbocycles. The largest absolute Gasteiger partial charge is 0.477 e. The van der Waals surface area contributed by atoms with Crippen molar-refractivity contribution < 1.29 is 54.3 Å². The average molecular weight is 525 g/mol. The second kappa shape index (κ2) is 7.86. The van der Waals surface area contributed by atoms with Gasteiger partial charge in [0, 0.05) is 17.3 Å². The van der Waals surface area contributed by atoms with E-state index >= 15 is 0 Å². The summed E-state index contributed by atoms with van der Waals surface area (Å²) in [5, 5.41) is 12.7. The minimum Gasteiger partial charge on any atom is -0.477 e. The van der Waals surface area contributed by atoms with E-state index in [1.807, 2.05) is 0 Å². The smallest absolute Gasteiger partial charge is 0.435 e. The number of oxime groups is 1. The molecular weight excluding hydrogens is 513 g/mol. The lowest BCUT2D eigenvalue weighted by Gasteiger charge is -2.30. The first-order valence-electron chi connectivity index (χ1n) is 9.78. The van der Waals surface area contributed by atoms with Crippen molar-refractivity contribution in [1.82, 2.24) is 9.38 Å². The lowest BCUT2D eigenvalue weighted by molar-refractivity contribution is -0.276. The van der Waals surface area contributed by atoms with E-state index in [0.717, 1.165) is 16.5 Å². The Hall–Kier alpha value is -3.78. The summed E-state index contributed by atoms with van der Waals surface area (Å²) < 4.78 is 124. The summed E-state index contributed by atoms with van der Waals surface area (Å²) in [6.07, 6.45) is -16.3. The van der Waals surface area contributed by atoms with Gasteiger partial charge in [0.2, 0.25) is 0 Å². The van der Waals surface area contributed by atoms with E-state index in [1.54, 1.807) is 0 Å². The van der Waals surface area contributed by atoms with Gasteiger partial charge in [0.25, 0.3) is 5.60 Å². The van der Waals surface area contributed by atoms with Gasteiger partial charge < -0.3 is 9.94 Å². The Morgan fingerprint density at radius 1 is 1.00 bits per heavy atom. The molecule has 1 aliphatic heterocycles. The van der Waals surface area contributed by atoms with Crippen LogP contribution < -0.4 is 0 Å². The minimum atomic E-state index is -5.51. The summed E-state index contributed by atoms with van der Waals surface area (Å²) in [6.45, 7) is 1.47. The van der Waals surface area contributed by atoms with Crippen LogP contribution in [0.15, 0.2) is 41.7 Å². The number of halogens is 9. The molecule has 4 rings (SSSR count).